The van der Waals surface area contributed by atoms with Crippen molar-refractivity contribution in [2.75, 3.05) is 47.9 Å². The maximum absolute atomic E-state index is 12.4. The Morgan fingerprint density at radius 1 is 1.07 bits per heavy atom. The van der Waals surface area contributed by atoms with Crippen LogP contribution in [0.5, 0.6) is 0 Å². The number of pyridine rings is 1. The number of amides is 2. The van der Waals surface area contributed by atoms with Gasteiger partial charge in [0.1, 0.15) is 5.82 Å². The molecular formula is C20H24N4O2S. The number of benzene rings is 1. The van der Waals surface area contributed by atoms with Gasteiger partial charge in [0, 0.05) is 38.1 Å². The molecule has 0 spiro atoms. The molecule has 1 aliphatic heterocycles. The first-order valence-electron chi connectivity index (χ1n) is 9.00. The third-order valence-electron chi connectivity index (χ3n) is 4.37. The van der Waals surface area contributed by atoms with Crippen molar-refractivity contribution >= 4 is 35.1 Å². The first kappa shape index (κ1) is 19.2. The molecule has 1 aromatic heterocycles. The molecule has 6 nitrogen and oxygen atoms in total. The molecule has 2 aromatic rings. The fourth-order valence-corrected chi connectivity index (χ4v) is 3.68. The van der Waals surface area contributed by atoms with E-state index < -0.39 is 0 Å². The summed E-state index contributed by atoms with van der Waals surface area (Å²) < 4.78 is 0. The Bertz CT molecular complexity index is 777. The van der Waals surface area contributed by atoms with Crippen LogP contribution in [0.4, 0.5) is 11.5 Å². The number of hydrogen-bond donors (Lipinski definition) is 1. The number of hydrogen-bond acceptors (Lipinski definition) is 5. The predicted molar refractivity (Wildman–Crippen MR) is 110 cm³/mol. The summed E-state index contributed by atoms with van der Waals surface area (Å²) in [6.45, 7) is 4.91. The van der Waals surface area contributed by atoms with E-state index in [-0.39, 0.29) is 17.6 Å². The fourth-order valence-electron chi connectivity index (χ4n) is 2.97. The topological polar surface area (TPSA) is 65.5 Å². The van der Waals surface area contributed by atoms with Crippen LogP contribution in [0.1, 0.15) is 5.56 Å². The van der Waals surface area contributed by atoms with Gasteiger partial charge in [0.05, 0.1) is 11.5 Å². The van der Waals surface area contributed by atoms with E-state index in [1.165, 1.54) is 11.8 Å². The van der Waals surface area contributed by atoms with Gasteiger partial charge < -0.3 is 15.1 Å². The van der Waals surface area contributed by atoms with Crippen molar-refractivity contribution in [3.8, 4) is 0 Å². The summed E-state index contributed by atoms with van der Waals surface area (Å²) in [4.78, 5) is 32.8. The summed E-state index contributed by atoms with van der Waals surface area (Å²) in [6.07, 6.45) is 1.78. The van der Waals surface area contributed by atoms with E-state index in [1.54, 1.807) is 6.20 Å². The zero-order valence-electron chi connectivity index (χ0n) is 15.4. The molecule has 1 fully saturated rings. The van der Waals surface area contributed by atoms with Gasteiger partial charge >= 0.3 is 0 Å². The Hall–Kier alpha value is -2.54. The van der Waals surface area contributed by atoms with Crippen molar-refractivity contribution in [2.24, 2.45) is 0 Å². The van der Waals surface area contributed by atoms with Crippen molar-refractivity contribution < 1.29 is 9.59 Å². The lowest BCUT2D eigenvalue weighted by molar-refractivity contribution is -0.128. The second-order valence-corrected chi connectivity index (χ2v) is 7.45. The molecule has 3 rings (SSSR count). The average molecular weight is 385 g/mol. The Labute approximate surface area is 164 Å². The lowest BCUT2D eigenvalue weighted by Gasteiger charge is -2.35. The van der Waals surface area contributed by atoms with Gasteiger partial charge in [-0.1, -0.05) is 18.2 Å². The number of carbonyl (C=O) groups excluding carboxylic acids is 2. The molecule has 0 radical (unpaired) electrons. The number of anilines is 2. The molecule has 1 N–H and O–H groups in total. The number of piperazine rings is 1. The lowest BCUT2D eigenvalue weighted by atomic mass is 10.2. The highest BCUT2D eigenvalue weighted by Crippen LogP contribution is 2.14. The molecular weight excluding hydrogens is 360 g/mol. The summed E-state index contributed by atoms with van der Waals surface area (Å²) in [7, 11) is 0. The Balaban J connectivity index is 1.37. The average Bonchev–Trinajstić information content (AvgIpc) is 2.69. The highest BCUT2D eigenvalue weighted by atomic mass is 32.2. The van der Waals surface area contributed by atoms with Crippen LogP contribution in [0.15, 0.2) is 48.7 Å². The largest absolute Gasteiger partial charge is 0.353 e. The number of aryl methyl sites for hydroxylation is 1. The van der Waals surface area contributed by atoms with E-state index in [1.807, 2.05) is 54.3 Å². The van der Waals surface area contributed by atoms with Crippen LogP contribution in [-0.4, -0.2) is 59.4 Å². The standard InChI is InChI=1S/C20H24N4O2S/c1-16-5-4-6-17(13-16)22-19(25)14-27-15-20(26)24-11-9-23(10-12-24)18-7-2-3-8-21-18/h2-8,13H,9-12,14-15H2,1H3,(H,22,25). The molecule has 142 valence electrons. The smallest absolute Gasteiger partial charge is 0.234 e. The van der Waals surface area contributed by atoms with Crippen LogP contribution in [0.3, 0.4) is 0 Å². The Kier molecular flexibility index (Phi) is 6.70. The van der Waals surface area contributed by atoms with E-state index in [2.05, 4.69) is 15.2 Å². The van der Waals surface area contributed by atoms with Crippen molar-refractivity contribution in [3.63, 3.8) is 0 Å². The SMILES string of the molecule is Cc1cccc(NC(=O)CSCC(=O)N2CCN(c3ccccn3)CC2)c1. The van der Waals surface area contributed by atoms with Gasteiger partial charge in [0.2, 0.25) is 11.8 Å². The number of nitrogens with one attached hydrogen (secondary N) is 1. The predicted octanol–water partition coefficient (Wildman–Crippen LogP) is 2.41. The molecule has 0 aliphatic carbocycles. The molecule has 0 saturated carbocycles. The minimum absolute atomic E-state index is 0.0848. The van der Waals surface area contributed by atoms with Gasteiger partial charge in [0.25, 0.3) is 0 Å². The third kappa shape index (κ3) is 5.72. The molecule has 7 heteroatoms. The van der Waals surface area contributed by atoms with Crippen molar-refractivity contribution in [3.05, 3.63) is 54.2 Å². The fraction of sp³-hybridized carbons (Fsp3) is 0.350. The quantitative estimate of drug-likeness (QED) is 0.829. The van der Waals surface area contributed by atoms with Gasteiger partial charge in [-0.05, 0) is 36.8 Å². The van der Waals surface area contributed by atoms with Crippen LogP contribution >= 0.6 is 11.8 Å². The number of nitrogens with zero attached hydrogens (tertiary/aromatic N) is 3. The highest BCUT2D eigenvalue weighted by molar-refractivity contribution is 8.00. The number of rotatable bonds is 6. The van der Waals surface area contributed by atoms with Crippen LogP contribution in [0.25, 0.3) is 0 Å². The summed E-state index contributed by atoms with van der Waals surface area (Å²) in [5.41, 5.74) is 1.89. The Morgan fingerprint density at radius 2 is 1.89 bits per heavy atom. The zero-order valence-corrected chi connectivity index (χ0v) is 16.2. The number of carbonyl (C=O) groups is 2. The number of aromatic nitrogens is 1. The van der Waals surface area contributed by atoms with Crippen LogP contribution in [-0.2, 0) is 9.59 Å². The maximum atomic E-state index is 12.4. The highest BCUT2D eigenvalue weighted by Gasteiger charge is 2.21. The molecule has 2 amide bonds. The summed E-state index contributed by atoms with van der Waals surface area (Å²) in [5, 5.41) is 2.86. The van der Waals surface area contributed by atoms with Crippen LogP contribution in [0, 0.1) is 6.92 Å². The monoisotopic (exact) mass is 384 g/mol. The zero-order chi connectivity index (χ0) is 19.1. The van der Waals surface area contributed by atoms with Crippen molar-refractivity contribution in [2.45, 2.75) is 6.92 Å². The summed E-state index contributed by atoms with van der Waals surface area (Å²) >= 11 is 1.35. The molecule has 2 heterocycles. The van der Waals surface area contributed by atoms with Crippen molar-refractivity contribution in [1.29, 1.82) is 0 Å². The second kappa shape index (κ2) is 9.41. The minimum Gasteiger partial charge on any atom is -0.353 e. The van der Waals surface area contributed by atoms with Gasteiger partial charge in [-0.25, -0.2) is 4.98 Å². The first-order valence-corrected chi connectivity index (χ1v) is 10.2. The molecule has 1 saturated heterocycles. The summed E-state index contributed by atoms with van der Waals surface area (Å²) in [6, 6.07) is 13.5. The lowest BCUT2D eigenvalue weighted by Crippen LogP contribution is -2.49. The van der Waals surface area contributed by atoms with Gasteiger partial charge in [-0.3, -0.25) is 9.59 Å². The van der Waals surface area contributed by atoms with Gasteiger partial charge in [-0.2, -0.15) is 0 Å². The third-order valence-corrected chi connectivity index (χ3v) is 5.28. The molecule has 0 unspecified atom stereocenters. The van der Waals surface area contributed by atoms with Crippen LogP contribution < -0.4 is 10.2 Å². The van der Waals surface area contributed by atoms with E-state index in [0.29, 0.717) is 18.8 Å². The second-order valence-electron chi connectivity index (χ2n) is 6.47. The minimum atomic E-state index is -0.0848. The Morgan fingerprint density at radius 3 is 2.59 bits per heavy atom. The van der Waals surface area contributed by atoms with Gasteiger partial charge in [0.15, 0.2) is 0 Å². The normalized spacial score (nSPS) is 14.1. The first-order chi connectivity index (χ1) is 13.1. The number of thioether (sulfide) groups is 1. The molecule has 27 heavy (non-hydrogen) atoms. The molecule has 1 aliphatic rings. The van der Waals surface area contributed by atoms with Crippen LogP contribution in [0.2, 0.25) is 0 Å². The molecule has 0 atom stereocenters. The van der Waals surface area contributed by atoms with E-state index >= 15 is 0 Å². The van der Waals surface area contributed by atoms with E-state index in [4.69, 9.17) is 0 Å². The van der Waals surface area contributed by atoms with E-state index in [9.17, 15) is 9.59 Å². The van der Waals surface area contributed by atoms with Gasteiger partial charge in [-0.15, -0.1) is 11.8 Å². The van der Waals surface area contributed by atoms with Crippen molar-refractivity contribution in [1.82, 2.24) is 9.88 Å². The maximum Gasteiger partial charge on any atom is 0.234 e. The van der Waals surface area contributed by atoms with E-state index in [0.717, 1.165) is 30.2 Å². The molecule has 0 bridgehead atoms. The summed E-state index contributed by atoms with van der Waals surface area (Å²) in [5.74, 6) is 1.55. The molecule has 1 aromatic carbocycles.